The van der Waals surface area contributed by atoms with E-state index in [1.54, 1.807) is 12.1 Å². The summed E-state index contributed by atoms with van der Waals surface area (Å²) in [5.41, 5.74) is 8.17. The number of hydrogen-bond donors (Lipinski definition) is 3. The van der Waals surface area contributed by atoms with E-state index < -0.39 is 5.82 Å². The quantitative estimate of drug-likeness (QED) is 0.342. The minimum Gasteiger partial charge on any atom is -0.409 e. The van der Waals surface area contributed by atoms with Crippen molar-refractivity contribution in [2.45, 2.75) is 19.9 Å². The Hall–Kier alpha value is -2.56. The Kier molecular flexibility index (Phi) is 4.77. The van der Waals surface area contributed by atoms with Crippen LogP contribution in [0.5, 0.6) is 0 Å². The molecule has 4 N–H and O–H groups in total. The number of nitrogens with two attached hydrogens (primary N) is 1. The zero-order valence-electron chi connectivity index (χ0n) is 11.8. The van der Waals surface area contributed by atoms with E-state index in [-0.39, 0.29) is 11.4 Å². The summed E-state index contributed by atoms with van der Waals surface area (Å²) in [7, 11) is 0. The highest BCUT2D eigenvalue weighted by molar-refractivity contribution is 5.97. The highest BCUT2D eigenvalue weighted by atomic mass is 19.1. The van der Waals surface area contributed by atoms with Crippen molar-refractivity contribution in [2.75, 3.05) is 5.32 Å². The molecule has 4 nitrogen and oxygen atoms in total. The first-order valence-corrected chi connectivity index (χ1v) is 6.74. The number of aryl methyl sites for hydroxylation is 1. The van der Waals surface area contributed by atoms with Crippen molar-refractivity contribution in [1.82, 2.24) is 0 Å². The average Bonchev–Trinajstić information content (AvgIpc) is 2.53. The molecule has 0 amide bonds. The molecule has 0 aliphatic rings. The van der Waals surface area contributed by atoms with Gasteiger partial charge in [0.2, 0.25) is 0 Å². The van der Waals surface area contributed by atoms with Crippen LogP contribution in [0, 0.1) is 5.82 Å². The number of nitrogens with one attached hydrogen (secondary N) is 1. The molecule has 0 bridgehead atoms. The molecular weight excluding hydrogens is 269 g/mol. The van der Waals surface area contributed by atoms with E-state index in [1.165, 1.54) is 11.6 Å². The van der Waals surface area contributed by atoms with E-state index >= 15 is 0 Å². The van der Waals surface area contributed by atoms with Gasteiger partial charge in [0.25, 0.3) is 0 Å². The van der Waals surface area contributed by atoms with Crippen LogP contribution >= 0.6 is 0 Å². The molecule has 5 heteroatoms. The smallest absolute Gasteiger partial charge is 0.173 e. The lowest BCUT2D eigenvalue weighted by molar-refractivity contribution is 0.318. The van der Waals surface area contributed by atoms with Crippen molar-refractivity contribution < 1.29 is 9.60 Å². The zero-order valence-corrected chi connectivity index (χ0v) is 11.8. The summed E-state index contributed by atoms with van der Waals surface area (Å²) >= 11 is 0. The zero-order chi connectivity index (χ0) is 15.2. The van der Waals surface area contributed by atoms with Gasteiger partial charge >= 0.3 is 0 Å². The van der Waals surface area contributed by atoms with Gasteiger partial charge in [-0.25, -0.2) is 4.39 Å². The maximum Gasteiger partial charge on any atom is 0.173 e. The molecule has 2 aromatic carbocycles. The molecule has 0 aliphatic heterocycles. The lowest BCUT2D eigenvalue weighted by Crippen LogP contribution is -2.16. The van der Waals surface area contributed by atoms with E-state index in [1.807, 2.05) is 24.3 Å². The van der Waals surface area contributed by atoms with Gasteiger partial charge in [-0.2, -0.15) is 0 Å². The molecule has 0 aliphatic carbocycles. The summed E-state index contributed by atoms with van der Waals surface area (Å²) in [6, 6.07) is 12.7. The molecule has 2 rings (SSSR count). The van der Waals surface area contributed by atoms with Crippen LogP contribution in [-0.2, 0) is 13.0 Å². The maximum atomic E-state index is 14.3. The van der Waals surface area contributed by atoms with Crippen molar-refractivity contribution in [3.63, 3.8) is 0 Å². The molecule has 0 spiro atoms. The first kappa shape index (κ1) is 14.8. The highest BCUT2D eigenvalue weighted by Crippen LogP contribution is 2.18. The average molecular weight is 287 g/mol. The van der Waals surface area contributed by atoms with Crippen LogP contribution in [0.15, 0.2) is 47.6 Å². The SMILES string of the molecule is CCc1ccccc1NCc1cccc(/C(N)=N/O)c1F. The summed E-state index contributed by atoms with van der Waals surface area (Å²) in [5.74, 6) is -0.711. The lowest BCUT2D eigenvalue weighted by atomic mass is 10.1. The summed E-state index contributed by atoms with van der Waals surface area (Å²) in [6.45, 7) is 2.40. The number of para-hydroxylation sites is 1. The van der Waals surface area contributed by atoms with Crippen LogP contribution in [0.25, 0.3) is 0 Å². The van der Waals surface area contributed by atoms with Crippen molar-refractivity contribution in [3.8, 4) is 0 Å². The fraction of sp³-hybridized carbons (Fsp3) is 0.188. The Balaban J connectivity index is 2.21. The number of nitrogens with zero attached hydrogens (tertiary/aromatic N) is 1. The highest BCUT2D eigenvalue weighted by Gasteiger charge is 2.11. The molecule has 0 heterocycles. The van der Waals surface area contributed by atoms with Crippen LogP contribution in [0.1, 0.15) is 23.6 Å². The number of anilines is 1. The van der Waals surface area contributed by atoms with Gasteiger partial charge in [0.15, 0.2) is 5.84 Å². The predicted octanol–water partition coefficient (Wildman–Crippen LogP) is 3.09. The normalized spacial score (nSPS) is 11.4. The Morgan fingerprint density at radius 1 is 1.19 bits per heavy atom. The van der Waals surface area contributed by atoms with Gasteiger partial charge in [-0.3, -0.25) is 0 Å². The molecule has 2 aromatic rings. The van der Waals surface area contributed by atoms with Gasteiger partial charge in [-0.1, -0.05) is 42.4 Å². The molecule has 0 atom stereocenters. The van der Waals surface area contributed by atoms with Crippen LogP contribution < -0.4 is 11.1 Å². The Labute approximate surface area is 123 Å². The molecule has 21 heavy (non-hydrogen) atoms. The maximum absolute atomic E-state index is 14.3. The van der Waals surface area contributed by atoms with Crippen molar-refractivity contribution in [2.24, 2.45) is 10.9 Å². The van der Waals surface area contributed by atoms with Crippen LogP contribution in [0.3, 0.4) is 0 Å². The standard InChI is InChI=1S/C16H18FN3O/c1-2-11-6-3-4-9-14(11)19-10-12-7-5-8-13(15(12)17)16(18)20-21/h3-9,19,21H,2,10H2,1H3,(H2,18,20). The lowest BCUT2D eigenvalue weighted by Gasteiger charge is -2.12. The van der Waals surface area contributed by atoms with Crippen LogP contribution in [-0.4, -0.2) is 11.0 Å². The van der Waals surface area contributed by atoms with E-state index in [2.05, 4.69) is 17.4 Å². The van der Waals surface area contributed by atoms with Gasteiger partial charge in [0, 0.05) is 17.8 Å². The second-order valence-corrected chi connectivity index (χ2v) is 4.63. The van der Waals surface area contributed by atoms with Crippen LogP contribution in [0.2, 0.25) is 0 Å². The topological polar surface area (TPSA) is 70.6 Å². The van der Waals surface area contributed by atoms with E-state index in [4.69, 9.17) is 10.9 Å². The summed E-state index contributed by atoms with van der Waals surface area (Å²) < 4.78 is 14.3. The van der Waals surface area contributed by atoms with Gasteiger partial charge in [0.05, 0.1) is 5.56 Å². The molecule has 0 aromatic heterocycles. The van der Waals surface area contributed by atoms with Gasteiger partial charge in [-0.15, -0.1) is 0 Å². The molecular formula is C16H18FN3O. The van der Waals surface area contributed by atoms with Crippen LogP contribution in [0.4, 0.5) is 10.1 Å². The number of amidine groups is 1. The van der Waals surface area contributed by atoms with Gasteiger partial charge in [-0.05, 0) is 24.1 Å². The third kappa shape index (κ3) is 3.31. The second kappa shape index (κ2) is 6.74. The number of hydrogen-bond acceptors (Lipinski definition) is 3. The largest absolute Gasteiger partial charge is 0.409 e. The first-order chi connectivity index (χ1) is 10.2. The van der Waals surface area contributed by atoms with E-state index in [0.29, 0.717) is 12.1 Å². The number of benzene rings is 2. The first-order valence-electron chi connectivity index (χ1n) is 6.74. The summed E-state index contributed by atoms with van der Waals surface area (Å²) in [4.78, 5) is 0. The van der Waals surface area contributed by atoms with Gasteiger partial charge in [0.1, 0.15) is 5.82 Å². The fourth-order valence-electron chi connectivity index (χ4n) is 2.16. The molecule has 110 valence electrons. The molecule has 0 unspecified atom stereocenters. The summed E-state index contributed by atoms with van der Waals surface area (Å²) in [6.07, 6.45) is 0.899. The van der Waals surface area contributed by atoms with Crippen molar-refractivity contribution in [3.05, 3.63) is 65.0 Å². The Morgan fingerprint density at radius 3 is 2.62 bits per heavy atom. The number of rotatable bonds is 5. The van der Waals surface area contributed by atoms with E-state index in [9.17, 15) is 4.39 Å². The predicted molar refractivity (Wildman–Crippen MR) is 82.1 cm³/mol. The van der Waals surface area contributed by atoms with E-state index in [0.717, 1.165) is 12.1 Å². The Morgan fingerprint density at radius 2 is 1.90 bits per heavy atom. The minimum atomic E-state index is -0.478. The monoisotopic (exact) mass is 287 g/mol. The summed E-state index contributed by atoms with van der Waals surface area (Å²) in [5, 5.41) is 14.7. The minimum absolute atomic E-state index is 0.0978. The second-order valence-electron chi connectivity index (χ2n) is 4.63. The molecule has 0 saturated carbocycles. The van der Waals surface area contributed by atoms with Gasteiger partial charge < -0.3 is 16.3 Å². The molecule has 0 saturated heterocycles. The number of oxime groups is 1. The van der Waals surface area contributed by atoms with Crippen molar-refractivity contribution >= 4 is 11.5 Å². The third-order valence-electron chi connectivity index (χ3n) is 3.33. The molecule has 0 fully saturated rings. The van der Waals surface area contributed by atoms with Crippen molar-refractivity contribution in [1.29, 1.82) is 0 Å². The fourth-order valence-corrected chi connectivity index (χ4v) is 2.16. The molecule has 0 radical (unpaired) electrons. The third-order valence-corrected chi connectivity index (χ3v) is 3.33. The number of halogens is 1. The Bertz CT molecular complexity index is 656.